The molecule has 1 heterocycles. The van der Waals surface area contributed by atoms with Crippen molar-refractivity contribution in [3.05, 3.63) is 35.9 Å². The molecule has 0 saturated carbocycles. The standard InChI is InChI=1S/C18H25N3O4/c1-3-15(22)19-16(14-8-6-5-7-9-14)17(23)20-10-12-21(13-11-20)18(24)25-4-2/h5-9,16H,3-4,10-13H2,1-2H3,(H,19,22). The summed E-state index contributed by atoms with van der Waals surface area (Å²) < 4.78 is 4.99. The van der Waals surface area contributed by atoms with Gasteiger partial charge < -0.3 is 19.9 Å². The molecule has 7 nitrogen and oxygen atoms in total. The zero-order chi connectivity index (χ0) is 18.2. The molecule has 0 spiro atoms. The van der Waals surface area contributed by atoms with E-state index < -0.39 is 6.04 Å². The molecule has 1 N–H and O–H groups in total. The minimum Gasteiger partial charge on any atom is -0.450 e. The highest BCUT2D eigenvalue weighted by Crippen LogP contribution is 2.17. The van der Waals surface area contributed by atoms with E-state index in [0.29, 0.717) is 39.2 Å². The fraction of sp³-hybridized carbons (Fsp3) is 0.500. The maximum Gasteiger partial charge on any atom is 0.409 e. The molecule has 7 heteroatoms. The average molecular weight is 347 g/mol. The molecule has 1 saturated heterocycles. The highest BCUT2D eigenvalue weighted by molar-refractivity contribution is 5.88. The van der Waals surface area contributed by atoms with Gasteiger partial charge in [-0.3, -0.25) is 9.59 Å². The van der Waals surface area contributed by atoms with Crippen molar-refractivity contribution in [2.75, 3.05) is 32.8 Å². The molecule has 1 aliphatic rings. The number of ether oxygens (including phenoxy) is 1. The minimum absolute atomic E-state index is 0.156. The summed E-state index contributed by atoms with van der Waals surface area (Å²) in [5, 5.41) is 2.80. The van der Waals surface area contributed by atoms with Crippen LogP contribution >= 0.6 is 0 Å². The van der Waals surface area contributed by atoms with Gasteiger partial charge in [0.15, 0.2) is 0 Å². The second-order valence-electron chi connectivity index (χ2n) is 5.78. The van der Waals surface area contributed by atoms with Crippen molar-refractivity contribution >= 4 is 17.9 Å². The van der Waals surface area contributed by atoms with E-state index in [9.17, 15) is 14.4 Å². The van der Waals surface area contributed by atoms with Crippen LogP contribution in [0.25, 0.3) is 0 Å². The van der Waals surface area contributed by atoms with Crippen LogP contribution in [0.15, 0.2) is 30.3 Å². The molecule has 1 unspecified atom stereocenters. The number of rotatable bonds is 5. The summed E-state index contributed by atoms with van der Waals surface area (Å²) >= 11 is 0. The molecule has 1 fully saturated rings. The van der Waals surface area contributed by atoms with Crippen LogP contribution in [-0.4, -0.2) is 60.5 Å². The second-order valence-corrected chi connectivity index (χ2v) is 5.78. The topological polar surface area (TPSA) is 79.0 Å². The van der Waals surface area contributed by atoms with Gasteiger partial charge in [-0.05, 0) is 12.5 Å². The Morgan fingerprint density at radius 1 is 1.04 bits per heavy atom. The molecule has 2 rings (SSSR count). The number of carbonyl (C=O) groups excluding carboxylic acids is 3. The minimum atomic E-state index is -0.706. The van der Waals surface area contributed by atoms with Crippen molar-refractivity contribution in [1.29, 1.82) is 0 Å². The number of benzene rings is 1. The Labute approximate surface area is 147 Å². The van der Waals surface area contributed by atoms with Gasteiger partial charge in [-0.15, -0.1) is 0 Å². The molecule has 0 radical (unpaired) electrons. The monoisotopic (exact) mass is 347 g/mol. The first kappa shape index (κ1) is 18.8. The third-order valence-corrected chi connectivity index (χ3v) is 4.12. The van der Waals surface area contributed by atoms with Gasteiger partial charge in [-0.1, -0.05) is 37.3 Å². The summed E-state index contributed by atoms with van der Waals surface area (Å²) in [6, 6.07) is 8.49. The van der Waals surface area contributed by atoms with Gasteiger partial charge in [0, 0.05) is 32.6 Å². The first-order valence-corrected chi connectivity index (χ1v) is 8.61. The highest BCUT2D eigenvalue weighted by atomic mass is 16.6. The van der Waals surface area contributed by atoms with Crippen LogP contribution in [0, 0.1) is 0 Å². The van der Waals surface area contributed by atoms with E-state index in [0.717, 1.165) is 5.56 Å². The van der Waals surface area contributed by atoms with Crippen LogP contribution in [0.3, 0.4) is 0 Å². The van der Waals surface area contributed by atoms with Crippen molar-refractivity contribution in [1.82, 2.24) is 15.1 Å². The quantitative estimate of drug-likeness (QED) is 0.877. The number of hydrogen-bond acceptors (Lipinski definition) is 4. The smallest absolute Gasteiger partial charge is 0.409 e. The molecule has 0 aromatic heterocycles. The summed E-state index contributed by atoms with van der Waals surface area (Å²) in [6.07, 6.45) is -0.0405. The van der Waals surface area contributed by atoms with E-state index in [2.05, 4.69) is 5.32 Å². The SMILES string of the molecule is CCOC(=O)N1CCN(C(=O)C(NC(=O)CC)c2ccccc2)CC1. The third-order valence-electron chi connectivity index (χ3n) is 4.12. The summed E-state index contributed by atoms with van der Waals surface area (Å²) in [6.45, 7) is 5.53. The Hall–Kier alpha value is -2.57. The second kappa shape index (κ2) is 9.05. The van der Waals surface area contributed by atoms with E-state index in [4.69, 9.17) is 4.74 Å². The van der Waals surface area contributed by atoms with Crippen LogP contribution in [0.2, 0.25) is 0 Å². The number of nitrogens with one attached hydrogen (secondary N) is 1. The molecule has 3 amide bonds. The Bertz CT molecular complexity index is 598. The van der Waals surface area contributed by atoms with Gasteiger partial charge in [0.2, 0.25) is 11.8 Å². The van der Waals surface area contributed by atoms with Gasteiger partial charge in [0.05, 0.1) is 6.61 Å². The number of carbonyl (C=O) groups is 3. The average Bonchev–Trinajstić information content (AvgIpc) is 2.66. The maximum atomic E-state index is 12.9. The van der Waals surface area contributed by atoms with Crippen LogP contribution < -0.4 is 5.32 Å². The molecule has 1 aliphatic heterocycles. The van der Waals surface area contributed by atoms with Crippen LogP contribution in [0.5, 0.6) is 0 Å². The first-order valence-electron chi connectivity index (χ1n) is 8.61. The normalized spacial score (nSPS) is 15.4. The Morgan fingerprint density at radius 2 is 1.64 bits per heavy atom. The number of piperazine rings is 1. The van der Waals surface area contributed by atoms with E-state index in [1.807, 2.05) is 30.3 Å². The van der Waals surface area contributed by atoms with E-state index in [1.54, 1.807) is 23.6 Å². The lowest BCUT2D eigenvalue weighted by Gasteiger charge is -2.36. The third kappa shape index (κ3) is 4.95. The lowest BCUT2D eigenvalue weighted by molar-refractivity contribution is -0.138. The summed E-state index contributed by atoms with van der Waals surface area (Å²) in [5.41, 5.74) is 0.752. The van der Waals surface area contributed by atoms with Gasteiger partial charge in [0.1, 0.15) is 6.04 Å². The lowest BCUT2D eigenvalue weighted by Crippen LogP contribution is -2.53. The van der Waals surface area contributed by atoms with E-state index >= 15 is 0 Å². The molecule has 1 aromatic carbocycles. The fourth-order valence-electron chi connectivity index (χ4n) is 2.70. The zero-order valence-corrected chi connectivity index (χ0v) is 14.7. The molecule has 136 valence electrons. The van der Waals surface area contributed by atoms with Gasteiger partial charge >= 0.3 is 6.09 Å². The molecular formula is C18H25N3O4. The first-order chi connectivity index (χ1) is 12.1. The van der Waals surface area contributed by atoms with Gasteiger partial charge in [0.25, 0.3) is 0 Å². The van der Waals surface area contributed by atoms with Crippen molar-refractivity contribution in [2.45, 2.75) is 26.3 Å². The van der Waals surface area contributed by atoms with E-state index in [-0.39, 0.29) is 17.9 Å². The predicted molar refractivity (Wildman–Crippen MR) is 92.8 cm³/mol. The largest absolute Gasteiger partial charge is 0.450 e. The van der Waals surface area contributed by atoms with Crippen molar-refractivity contribution in [2.24, 2.45) is 0 Å². The molecule has 0 aliphatic carbocycles. The maximum absolute atomic E-state index is 12.9. The molecule has 1 atom stereocenters. The predicted octanol–water partition coefficient (Wildman–Crippen LogP) is 1.55. The summed E-state index contributed by atoms with van der Waals surface area (Å²) in [5.74, 6) is -0.330. The fourth-order valence-corrected chi connectivity index (χ4v) is 2.70. The number of nitrogens with zero attached hydrogens (tertiary/aromatic N) is 2. The molecule has 25 heavy (non-hydrogen) atoms. The van der Waals surface area contributed by atoms with Crippen LogP contribution in [-0.2, 0) is 14.3 Å². The lowest BCUT2D eigenvalue weighted by atomic mass is 10.0. The molecular weight excluding hydrogens is 322 g/mol. The van der Waals surface area contributed by atoms with Crippen molar-refractivity contribution in [3.8, 4) is 0 Å². The van der Waals surface area contributed by atoms with Gasteiger partial charge in [-0.25, -0.2) is 4.79 Å². The van der Waals surface area contributed by atoms with Crippen LogP contribution in [0.4, 0.5) is 4.79 Å². The zero-order valence-electron chi connectivity index (χ0n) is 14.7. The van der Waals surface area contributed by atoms with Crippen molar-refractivity contribution < 1.29 is 19.1 Å². The summed E-state index contributed by atoms with van der Waals surface area (Å²) in [7, 11) is 0. The van der Waals surface area contributed by atoms with Crippen LogP contribution in [0.1, 0.15) is 31.9 Å². The molecule has 0 bridgehead atoms. The van der Waals surface area contributed by atoms with Gasteiger partial charge in [-0.2, -0.15) is 0 Å². The Balaban J connectivity index is 2.05. The van der Waals surface area contributed by atoms with E-state index in [1.165, 1.54) is 0 Å². The number of hydrogen-bond donors (Lipinski definition) is 1. The Morgan fingerprint density at radius 3 is 2.20 bits per heavy atom. The van der Waals surface area contributed by atoms with Crippen molar-refractivity contribution in [3.63, 3.8) is 0 Å². The summed E-state index contributed by atoms with van der Waals surface area (Å²) in [4.78, 5) is 39.8. The molecule has 1 aromatic rings. The number of amides is 3. The highest BCUT2D eigenvalue weighted by Gasteiger charge is 2.30. The Kier molecular flexibility index (Phi) is 6.80.